The summed E-state index contributed by atoms with van der Waals surface area (Å²) in [6.07, 6.45) is 1.48. The predicted octanol–water partition coefficient (Wildman–Crippen LogP) is 2.27. The lowest BCUT2D eigenvalue weighted by Crippen LogP contribution is -2.10. The monoisotopic (exact) mass is 350 g/mol. The van der Waals surface area contributed by atoms with Crippen molar-refractivity contribution in [3.8, 4) is 5.75 Å². The fourth-order valence-corrected chi connectivity index (χ4v) is 2.79. The van der Waals surface area contributed by atoms with Crippen LogP contribution in [0.25, 0.3) is 0 Å². The molecule has 0 amide bonds. The zero-order valence-electron chi connectivity index (χ0n) is 10.6. The molecule has 1 rings (SSSR count). The van der Waals surface area contributed by atoms with E-state index >= 15 is 0 Å². The van der Waals surface area contributed by atoms with Gasteiger partial charge in [-0.3, -0.25) is 0 Å². The molecule has 1 aromatic rings. The number of carboxylic acid groups (broad SMARTS) is 1. The van der Waals surface area contributed by atoms with Crippen LogP contribution in [0.2, 0.25) is 0 Å². The van der Waals surface area contributed by atoms with Crippen molar-refractivity contribution in [2.75, 3.05) is 18.6 Å². The molecule has 0 aliphatic rings. The van der Waals surface area contributed by atoms with Gasteiger partial charge in [-0.25, -0.2) is 13.2 Å². The van der Waals surface area contributed by atoms with Gasteiger partial charge in [0.05, 0.1) is 12.4 Å². The van der Waals surface area contributed by atoms with Crippen LogP contribution in [0.5, 0.6) is 5.75 Å². The second-order valence-electron chi connectivity index (χ2n) is 4.24. The molecule has 0 bridgehead atoms. The smallest absolute Gasteiger partial charge is 0.339 e. The number of aryl methyl sites for hydroxylation is 1. The van der Waals surface area contributed by atoms with E-state index < -0.39 is 15.8 Å². The standard InChI is InChI=1S/C12H15BrO5S/c1-8-6-9(13)7-10(12(14)15)11(8)18-4-3-5-19(2,16)17/h6-7H,3-5H2,1-2H3,(H,14,15). The molecule has 0 saturated heterocycles. The average molecular weight is 351 g/mol. The molecule has 0 heterocycles. The first-order valence-electron chi connectivity index (χ1n) is 5.54. The van der Waals surface area contributed by atoms with Crippen LogP contribution in [0.1, 0.15) is 22.3 Å². The van der Waals surface area contributed by atoms with Crippen LogP contribution < -0.4 is 4.74 Å². The molecule has 19 heavy (non-hydrogen) atoms. The van der Waals surface area contributed by atoms with E-state index in [0.717, 1.165) is 6.26 Å². The number of benzene rings is 1. The Balaban J connectivity index is 2.80. The van der Waals surface area contributed by atoms with Gasteiger partial charge in [-0.15, -0.1) is 0 Å². The van der Waals surface area contributed by atoms with Crippen molar-refractivity contribution in [2.45, 2.75) is 13.3 Å². The van der Waals surface area contributed by atoms with Crippen LogP contribution in [-0.2, 0) is 9.84 Å². The van der Waals surface area contributed by atoms with Gasteiger partial charge in [-0.1, -0.05) is 15.9 Å². The Morgan fingerprint density at radius 3 is 2.58 bits per heavy atom. The highest BCUT2D eigenvalue weighted by Gasteiger charge is 2.15. The van der Waals surface area contributed by atoms with Gasteiger partial charge >= 0.3 is 5.97 Å². The third kappa shape index (κ3) is 5.20. The van der Waals surface area contributed by atoms with Gasteiger partial charge in [0, 0.05) is 10.7 Å². The van der Waals surface area contributed by atoms with E-state index in [0.29, 0.717) is 16.5 Å². The highest BCUT2D eigenvalue weighted by molar-refractivity contribution is 9.10. The van der Waals surface area contributed by atoms with Crippen LogP contribution in [0.15, 0.2) is 16.6 Å². The van der Waals surface area contributed by atoms with E-state index in [9.17, 15) is 13.2 Å². The van der Waals surface area contributed by atoms with Crippen molar-refractivity contribution in [1.82, 2.24) is 0 Å². The van der Waals surface area contributed by atoms with Crippen molar-refractivity contribution in [1.29, 1.82) is 0 Å². The number of carboxylic acids is 1. The van der Waals surface area contributed by atoms with E-state index in [1.165, 1.54) is 6.07 Å². The minimum Gasteiger partial charge on any atom is -0.492 e. The van der Waals surface area contributed by atoms with Crippen LogP contribution in [0.3, 0.4) is 0 Å². The minimum atomic E-state index is -3.03. The fraction of sp³-hybridized carbons (Fsp3) is 0.417. The van der Waals surface area contributed by atoms with Gasteiger partial charge in [0.25, 0.3) is 0 Å². The van der Waals surface area contributed by atoms with Crippen LogP contribution in [-0.4, -0.2) is 38.1 Å². The normalized spacial score (nSPS) is 11.3. The fourth-order valence-electron chi connectivity index (χ4n) is 1.58. The molecular formula is C12H15BrO5S. The van der Waals surface area contributed by atoms with Gasteiger partial charge in [0.2, 0.25) is 0 Å². The van der Waals surface area contributed by atoms with Gasteiger partial charge in [0.15, 0.2) is 0 Å². The summed E-state index contributed by atoms with van der Waals surface area (Å²) in [6.45, 7) is 1.90. The molecule has 0 spiro atoms. The summed E-state index contributed by atoms with van der Waals surface area (Å²) >= 11 is 3.23. The molecule has 0 aromatic heterocycles. The Bertz CT molecular complexity index is 580. The maximum absolute atomic E-state index is 11.1. The molecule has 1 N–H and O–H groups in total. The molecule has 5 nitrogen and oxygen atoms in total. The summed E-state index contributed by atoms with van der Waals surface area (Å²) in [4.78, 5) is 11.1. The Labute approximate surface area is 120 Å². The molecule has 0 fully saturated rings. The Kier molecular flexibility index (Phi) is 5.37. The highest BCUT2D eigenvalue weighted by Crippen LogP contribution is 2.28. The quantitative estimate of drug-likeness (QED) is 0.796. The van der Waals surface area contributed by atoms with Gasteiger partial charge < -0.3 is 9.84 Å². The zero-order chi connectivity index (χ0) is 14.6. The summed E-state index contributed by atoms with van der Waals surface area (Å²) < 4.78 is 28.0. The molecule has 0 radical (unpaired) electrons. The van der Waals surface area contributed by atoms with Crippen molar-refractivity contribution >= 4 is 31.7 Å². The topological polar surface area (TPSA) is 80.7 Å². The molecule has 0 unspecified atom stereocenters. The van der Waals surface area contributed by atoms with E-state index in [1.54, 1.807) is 13.0 Å². The number of aromatic carboxylic acids is 1. The average Bonchev–Trinajstić information content (AvgIpc) is 2.24. The molecule has 0 aliphatic heterocycles. The third-order valence-electron chi connectivity index (χ3n) is 2.38. The summed E-state index contributed by atoms with van der Waals surface area (Å²) in [6, 6.07) is 3.21. The number of hydrogen-bond donors (Lipinski definition) is 1. The first-order chi connectivity index (χ1) is 8.70. The molecule has 0 saturated carbocycles. The van der Waals surface area contributed by atoms with E-state index in [-0.39, 0.29) is 23.7 Å². The van der Waals surface area contributed by atoms with Crippen LogP contribution in [0, 0.1) is 6.92 Å². The highest BCUT2D eigenvalue weighted by atomic mass is 79.9. The maximum Gasteiger partial charge on any atom is 0.339 e. The number of hydrogen-bond acceptors (Lipinski definition) is 4. The molecule has 1 aromatic carbocycles. The number of carbonyl (C=O) groups is 1. The summed E-state index contributed by atoms with van der Waals surface area (Å²) in [5.74, 6) is -0.781. The zero-order valence-corrected chi connectivity index (χ0v) is 13.0. The third-order valence-corrected chi connectivity index (χ3v) is 3.86. The number of halogens is 1. The summed E-state index contributed by atoms with van der Waals surface area (Å²) in [5.41, 5.74) is 0.748. The van der Waals surface area contributed by atoms with E-state index in [2.05, 4.69) is 15.9 Å². The number of sulfone groups is 1. The Morgan fingerprint density at radius 1 is 1.42 bits per heavy atom. The number of rotatable bonds is 6. The first kappa shape index (κ1) is 16.0. The lowest BCUT2D eigenvalue weighted by Gasteiger charge is -2.12. The van der Waals surface area contributed by atoms with Gasteiger partial charge in [-0.2, -0.15) is 0 Å². The molecule has 106 valence electrons. The molecular weight excluding hydrogens is 336 g/mol. The Hall–Kier alpha value is -1.08. The summed E-state index contributed by atoms with van der Waals surface area (Å²) in [5, 5.41) is 9.10. The second-order valence-corrected chi connectivity index (χ2v) is 7.41. The lowest BCUT2D eigenvalue weighted by molar-refractivity contribution is 0.0692. The number of ether oxygens (including phenoxy) is 1. The molecule has 0 atom stereocenters. The van der Waals surface area contributed by atoms with Crippen molar-refractivity contribution in [3.05, 3.63) is 27.7 Å². The van der Waals surface area contributed by atoms with Crippen LogP contribution in [0.4, 0.5) is 0 Å². The molecule has 0 aliphatic carbocycles. The second kappa shape index (κ2) is 6.38. The van der Waals surface area contributed by atoms with E-state index in [4.69, 9.17) is 9.84 Å². The first-order valence-corrected chi connectivity index (χ1v) is 8.40. The lowest BCUT2D eigenvalue weighted by atomic mass is 10.1. The van der Waals surface area contributed by atoms with E-state index in [1.807, 2.05) is 0 Å². The van der Waals surface area contributed by atoms with Gasteiger partial charge in [-0.05, 0) is 31.0 Å². The molecule has 7 heteroatoms. The Morgan fingerprint density at radius 2 is 2.05 bits per heavy atom. The summed E-state index contributed by atoms with van der Waals surface area (Å²) in [7, 11) is -3.03. The van der Waals surface area contributed by atoms with Gasteiger partial charge in [0.1, 0.15) is 21.2 Å². The maximum atomic E-state index is 11.1. The predicted molar refractivity (Wildman–Crippen MR) is 75.7 cm³/mol. The van der Waals surface area contributed by atoms with Crippen LogP contribution >= 0.6 is 15.9 Å². The SMILES string of the molecule is Cc1cc(Br)cc(C(=O)O)c1OCCCS(C)(=O)=O. The largest absolute Gasteiger partial charge is 0.492 e. The van der Waals surface area contributed by atoms with Crippen molar-refractivity contribution < 1.29 is 23.1 Å². The minimum absolute atomic E-state index is 0.0188. The van der Waals surface area contributed by atoms with Crippen molar-refractivity contribution in [2.24, 2.45) is 0 Å². The van der Waals surface area contributed by atoms with Crippen molar-refractivity contribution in [3.63, 3.8) is 0 Å².